The number of hydrogen-bond acceptors (Lipinski definition) is 5. The Morgan fingerprint density at radius 2 is 2.24 bits per heavy atom. The third kappa shape index (κ3) is 3.20. The number of thioether (sulfide) groups is 2. The zero-order valence-electron chi connectivity index (χ0n) is 10.2. The third-order valence-corrected chi connectivity index (χ3v) is 7.35. The molecule has 0 bridgehead atoms. The lowest BCUT2D eigenvalue weighted by molar-refractivity contribution is 0.371. The maximum atomic E-state index is 5.30. The molecule has 2 rings (SSSR count). The molecule has 1 fully saturated rings. The molecule has 0 radical (unpaired) electrons. The number of halogens is 1. The van der Waals surface area contributed by atoms with E-state index in [1.807, 2.05) is 23.5 Å². The van der Waals surface area contributed by atoms with Gasteiger partial charge in [0.25, 0.3) is 0 Å². The molecule has 1 aliphatic rings. The van der Waals surface area contributed by atoms with Gasteiger partial charge >= 0.3 is 0 Å². The van der Waals surface area contributed by atoms with Crippen molar-refractivity contribution in [2.24, 2.45) is 0 Å². The van der Waals surface area contributed by atoms with Crippen LogP contribution in [0.1, 0.15) is 49.0 Å². The summed E-state index contributed by atoms with van der Waals surface area (Å²) in [5.41, 5.74) is 0. The van der Waals surface area contributed by atoms with Crippen molar-refractivity contribution in [3.63, 3.8) is 0 Å². The van der Waals surface area contributed by atoms with E-state index in [9.17, 15) is 0 Å². The summed E-state index contributed by atoms with van der Waals surface area (Å²) in [5, 5.41) is 5.85. The molecular weight excluding hydrogens is 320 g/mol. The first-order valence-corrected chi connectivity index (χ1v) is 8.77. The zero-order chi connectivity index (χ0) is 12.4. The van der Waals surface area contributed by atoms with E-state index in [-0.39, 0.29) is 4.83 Å². The lowest BCUT2D eigenvalue weighted by Crippen LogP contribution is -2.22. The summed E-state index contributed by atoms with van der Waals surface area (Å²) < 4.78 is 5.30. The van der Waals surface area contributed by atoms with Crippen LogP contribution < -0.4 is 0 Å². The molecule has 3 nitrogen and oxygen atoms in total. The Morgan fingerprint density at radius 1 is 1.47 bits per heavy atom. The van der Waals surface area contributed by atoms with Gasteiger partial charge in [0.1, 0.15) is 0 Å². The van der Waals surface area contributed by atoms with Crippen LogP contribution in [-0.4, -0.2) is 26.4 Å². The van der Waals surface area contributed by atoms with Crippen molar-refractivity contribution in [1.29, 1.82) is 0 Å². The van der Waals surface area contributed by atoms with Crippen LogP contribution in [0.25, 0.3) is 0 Å². The molecule has 4 atom stereocenters. The van der Waals surface area contributed by atoms with Gasteiger partial charge < -0.3 is 4.52 Å². The highest BCUT2D eigenvalue weighted by molar-refractivity contribution is 9.09. The molecule has 0 aromatic carbocycles. The van der Waals surface area contributed by atoms with Crippen LogP contribution in [0.15, 0.2) is 4.52 Å². The number of aromatic nitrogens is 2. The lowest BCUT2D eigenvalue weighted by atomic mass is 10.3. The molecule has 1 aliphatic heterocycles. The van der Waals surface area contributed by atoms with Crippen molar-refractivity contribution in [2.75, 3.05) is 5.75 Å². The normalized spacial score (nSPS) is 31.4. The summed E-state index contributed by atoms with van der Waals surface area (Å²) in [6.07, 6.45) is 0.960. The fraction of sp³-hybridized carbons (Fsp3) is 0.818. The van der Waals surface area contributed by atoms with E-state index in [1.165, 1.54) is 0 Å². The van der Waals surface area contributed by atoms with E-state index in [2.05, 4.69) is 46.8 Å². The van der Waals surface area contributed by atoms with Gasteiger partial charge in [0.2, 0.25) is 5.89 Å². The molecule has 0 saturated carbocycles. The van der Waals surface area contributed by atoms with Gasteiger partial charge in [-0.05, 0) is 6.42 Å². The van der Waals surface area contributed by atoms with Crippen molar-refractivity contribution in [3.05, 3.63) is 11.7 Å². The first-order chi connectivity index (χ1) is 8.11. The Bertz CT molecular complexity index is 374. The minimum atomic E-state index is 0.182. The van der Waals surface area contributed by atoms with Gasteiger partial charge in [-0.15, -0.1) is 11.8 Å². The molecule has 4 unspecified atom stereocenters. The van der Waals surface area contributed by atoms with Crippen LogP contribution in [0.2, 0.25) is 0 Å². The second-order valence-corrected chi connectivity index (χ2v) is 8.34. The standard InChI is InChI=1S/C11H17BrN2OS2/c1-4-8(12)11-13-10(14-15-11)9-5-16-6(2)7(3)17-9/h6-9H,4-5H2,1-3H3. The van der Waals surface area contributed by atoms with Crippen LogP contribution >= 0.6 is 39.5 Å². The third-order valence-electron chi connectivity index (χ3n) is 2.92. The molecule has 0 aliphatic carbocycles. The Labute approximate surface area is 119 Å². The Morgan fingerprint density at radius 3 is 2.88 bits per heavy atom. The van der Waals surface area contributed by atoms with E-state index in [0.717, 1.165) is 18.0 Å². The van der Waals surface area contributed by atoms with Gasteiger partial charge in [-0.1, -0.05) is 41.9 Å². The molecule has 96 valence electrons. The fourth-order valence-corrected chi connectivity index (χ4v) is 4.62. The number of rotatable bonds is 3. The molecule has 1 aromatic heterocycles. The van der Waals surface area contributed by atoms with Gasteiger partial charge in [-0.2, -0.15) is 16.7 Å². The van der Waals surface area contributed by atoms with Crippen molar-refractivity contribution in [2.45, 2.75) is 47.8 Å². The summed E-state index contributed by atoms with van der Waals surface area (Å²) >= 11 is 7.49. The van der Waals surface area contributed by atoms with Crippen LogP contribution in [0.3, 0.4) is 0 Å². The largest absolute Gasteiger partial charge is 0.338 e. The van der Waals surface area contributed by atoms with E-state index in [0.29, 0.717) is 21.6 Å². The van der Waals surface area contributed by atoms with Gasteiger partial charge in [0, 0.05) is 16.3 Å². The maximum absolute atomic E-state index is 5.30. The molecule has 17 heavy (non-hydrogen) atoms. The SMILES string of the molecule is CCC(Br)c1nc(C2CSC(C)C(C)S2)no1. The molecule has 6 heteroatoms. The maximum Gasteiger partial charge on any atom is 0.240 e. The van der Waals surface area contributed by atoms with Crippen LogP contribution in [0.5, 0.6) is 0 Å². The Kier molecular flexibility index (Phi) is 4.83. The van der Waals surface area contributed by atoms with E-state index in [4.69, 9.17) is 4.52 Å². The molecule has 0 N–H and O–H groups in total. The monoisotopic (exact) mass is 336 g/mol. The predicted molar refractivity (Wildman–Crippen MR) is 78.0 cm³/mol. The second kappa shape index (κ2) is 5.97. The quantitative estimate of drug-likeness (QED) is 0.773. The summed E-state index contributed by atoms with van der Waals surface area (Å²) in [6.45, 7) is 6.65. The summed E-state index contributed by atoms with van der Waals surface area (Å²) in [7, 11) is 0. The molecule has 1 aromatic rings. The summed E-state index contributed by atoms with van der Waals surface area (Å²) in [4.78, 5) is 4.69. The first kappa shape index (κ1) is 13.7. The highest BCUT2D eigenvalue weighted by Gasteiger charge is 2.30. The second-order valence-electron chi connectivity index (χ2n) is 4.23. The van der Waals surface area contributed by atoms with Gasteiger partial charge in [0.15, 0.2) is 5.82 Å². The van der Waals surface area contributed by atoms with Gasteiger partial charge in [-0.25, -0.2) is 0 Å². The van der Waals surface area contributed by atoms with Crippen molar-refractivity contribution < 1.29 is 4.52 Å². The summed E-state index contributed by atoms with van der Waals surface area (Å²) in [5.74, 6) is 2.64. The fourth-order valence-electron chi connectivity index (χ4n) is 1.60. The average molecular weight is 337 g/mol. The number of nitrogens with zero attached hydrogens (tertiary/aromatic N) is 2. The smallest absolute Gasteiger partial charge is 0.240 e. The molecular formula is C11H17BrN2OS2. The highest BCUT2D eigenvalue weighted by atomic mass is 79.9. The summed E-state index contributed by atoms with van der Waals surface area (Å²) in [6, 6.07) is 0. The molecule has 2 heterocycles. The van der Waals surface area contributed by atoms with Crippen LogP contribution in [0, 0.1) is 0 Å². The average Bonchev–Trinajstić information content (AvgIpc) is 2.81. The number of alkyl halides is 1. The van der Waals surface area contributed by atoms with Crippen molar-refractivity contribution >= 4 is 39.5 Å². The van der Waals surface area contributed by atoms with Crippen LogP contribution in [-0.2, 0) is 0 Å². The van der Waals surface area contributed by atoms with Crippen LogP contribution in [0.4, 0.5) is 0 Å². The van der Waals surface area contributed by atoms with E-state index < -0.39 is 0 Å². The lowest BCUT2D eigenvalue weighted by Gasteiger charge is -2.29. The zero-order valence-corrected chi connectivity index (χ0v) is 13.4. The predicted octanol–water partition coefficient (Wildman–Crippen LogP) is 4.21. The van der Waals surface area contributed by atoms with E-state index in [1.54, 1.807) is 0 Å². The molecule has 1 saturated heterocycles. The highest BCUT2D eigenvalue weighted by Crippen LogP contribution is 2.43. The minimum absolute atomic E-state index is 0.182. The molecule has 0 amide bonds. The number of hydrogen-bond donors (Lipinski definition) is 0. The van der Waals surface area contributed by atoms with E-state index >= 15 is 0 Å². The minimum Gasteiger partial charge on any atom is -0.338 e. The first-order valence-electron chi connectivity index (χ1n) is 5.86. The van der Waals surface area contributed by atoms with Crippen molar-refractivity contribution in [3.8, 4) is 0 Å². The van der Waals surface area contributed by atoms with Crippen molar-refractivity contribution in [1.82, 2.24) is 10.1 Å². The van der Waals surface area contributed by atoms with Gasteiger partial charge in [-0.3, -0.25) is 0 Å². The Balaban J connectivity index is 2.05. The topological polar surface area (TPSA) is 38.9 Å². The van der Waals surface area contributed by atoms with Gasteiger partial charge in [0.05, 0.1) is 10.1 Å². The molecule has 0 spiro atoms. The Hall–Kier alpha value is 0.320.